The molecule has 0 aliphatic carbocycles. The standard InChI is InChI=1S/C12H11Cl2N3O/c1-18-9-4-2-3-8(5-9)6-15-10-11(13)16-7-17-12(10)14/h2-5,7,15H,6H2,1H3. The molecule has 2 rings (SSSR count). The fourth-order valence-electron chi connectivity index (χ4n) is 1.46. The van der Waals surface area contributed by atoms with Gasteiger partial charge in [0.15, 0.2) is 10.3 Å². The van der Waals surface area contributed by atoms with E-state index in [-0.39, 0.29) is 0 Å². The molecule has 0 saturated carbocycles. The van der Waals surface area contributed by atoms with Crippen LogP contribution in [0.15, 0.2) is 30.6 Å². The number of aromatic nitrogens is 2. The van der Waals surface area contributed by atoms with E-state index in [1.54, 1.807) is 7.11 Å². The molecule has 94 valence electrons. The van der Waals surface area contributed by atoms with E-state index in [0.29, 0.717) is 22.5 Å². The van der Waals surface area contributed by atoms with Crippen LogP contribution < -0.4 is 10.1 Å². The number of ether oxygens (including phenoxy) is 1. The van der Waals surface area contributed by atoms with Crippen molar-refractivity contribution in [2.24, 2.45) is 0 Å². The van der Waals surface area contributed by atoms with Gasteiger partial charge >= 0.3 is 0 Å². The highest BCUT2D eigenvalue weighted by molar-refractivity contribution is 6.37. The van der Waals surface area contributed by atoms with Crippen molar-refractivity contribution in [1.82, 2.24) is 9.97 Å². The Bertz CT molecular complexity index is 528. The number of nitrogens with zero attached hydrogens (tertiary/aromatic N) is 2. The van der Waals surface area contributed by atoms with E-state index in [2.05, 4.69) is 15.3 Å². The van der Waals surface area contributed by atoms with Crippen LogP contribution in [0.25, 0.3) is 0 Å². The van der Waals surface area contributed by atoms with Crippen LogP contribution >= 0.6 is 23.2 Å². The van der Waals surface area contributed by atoms with E-state index in [4.69, 9.17) is 27.9 Å². The van der Waals surface area contributed by atoms with Crippen LogP contribution in [0.1, 0.15) is 5.56 Å². The molecule has 4 nitrogen and oxygen atoms in total. The zero-order valence-electron chi connectivity index (χ0n) is 9.65. The Morgan fingerprint density at radius 2 is 1.94 bits per heavy atom. The maximum absolute atomic E-state index is 5.93. The van der Waals surface area contributed by atoms with Gasteiger partial charge in [-0.3, -0.25) is 0 Å². The first-order valence-electron chi connectivity index (χ1n) is 5.23. The van der Waals surface area contributed by atoms with Crippen LogP contribution in [-0.4, -0.2) is 17.1 Å². The van der Waals surface area contributed by atoms with Gasteiger partial charge in [0, 0.05) is 6.54 Å². The lowest BCUT2D eigenvalue weighted by Crippen LogP contribution is -2.02. The van der Waals surface area contributed by atoms with Gasteiger partial charge in [0.2, 0.25) is 0 Å². The fraction of sp³-hybridized carbons (Fsp3) is 0.167. The molecule has 0 unspecified atom stereocenters. The van der Waals surface area contributed by atoms with Gasteiger partial charge < -0.3 is 10.1 Å². The van der Waals surface area contributed by atoms with Crippen LogP contribution in [0.2, 0.25) is 10.3 Å². The Morgan fingerprint density at radius 3 is 2.61 bits per heavy atom. The summed E-state index contributed by atoms with van der Waals surface area (Å²) >= 11 is 11.9. The Balaban J connectivity index is 2.11. The van der Waals surface area contributed by atoms with E-state index in [0.717, 1.165) is 11.3 Å². The molecule has 0 saturated heterocycles. The van der Waals surface area contributed by atoms with Crippen molar-refractivity contribution in [3.8, 4) is 5.75 Å². The van der Waals surface area contributed by atoms with Gasteiger partial charge in [0.1, 0.15) is 17.8 Å². The van der Waals surface area contributed by atoms with Gasteiger partial charge in [-0.25, -0.2) is 9.97 Å². The smallest absolute Gasteiger partial charge is 0.157 e. The molecule has 1 N–H and O–H groups in total. The van der Waals surface area contributed by atoms with Gasteiger partial charge in [-0.05, 0) is 17.7 Å². The van der Waals surface area contributed by atoms with Crippen molar-refractivity contribution < 1.29 is 4.74 Å². The Morgan fingerprint density at radius 1 is 1.22 bits per heavy atom. The summed E-state index contributed by atoms with van der Waals surface area (Å²) in [6.45, 7) is 0.560. The molecule has 18 heavy (non-hydrogen) atoms. The summed E-state index contributed by atoms with van der Waals surface area (Å²) in [5, 5.41) is 3.71. The van der Waals surface area contributed by atoms with E-state index in [1.165, 1.54) is 6.33 Å². The van der Waals surface area contributed by atoms with Gasteiger partial charge in [0.25, 0.3) is 0 Å². The SMILES string of the molecule is COc1cccc(CNc2c(Cl)ncnc2Cl)c1. The maximum Gasteiger partial charge on any atom is 0.157 e. The summed E-state index contributed by atoms with van der Waals surface area (Å²) in [5.74, 6) is 0.802. The average Bonchev–Trinajstić information content (AvgIpc) is 2.38. The molecule has 0 amide bonds. The van der Waals surface area contributed by atoms with Gasteiger partial charge in [0.05, 0.1) is 7.11 Å². The van der Waals surface area contributed by atoms with Crippen LogP contribution in [-0.2, 0) is 6.54 Å². The molecule has 0 aliphatic heterocycles. The predicted octanol–water partition coefficient (Wildman–Crippen LogP) is 3.40. The summed E-state index contributed by atoms with van der Waals surface area (Å²) < 4.78 is 5.15. The highest BCUT2D eigenvalue weighted by atomic mass is 35.5. The summed E-state index contributed by atoms with van der Waals surface area (Å²) in [6.07, 6.45) is 1.32. The zero-order valence-corrected chi connectivity index (χ0v) is 11.2. The fourth-order valence-corrected chi connectivity index (χ4v) is 1.91. The second kappa shape index (κ2) is 5.89. The number of rotatable bonds is 4. The summed E-state index contributed by atoms with van der Waals surface area (Å²) in [6, 6.07) is 7.70. The van der Waals surface area contributed by atoms with Crippen LogP contribution in [0.4, 0.5) is 5.69 Å². The molecule has 0 spiro atoms. The molecular weight excluding hydrogens is 273 g/mol. The van der Waals surface area contributed by atoms with Crippen molar-refractivity contribution in [2.75, 3.05) is 12.4 Å². The molecule has 2 aromatic rings. The topological polar surface area (TPSA) is 47.0 Å². The summed E-state index contributed by atoms with van der Waals surface area (Å²) in [7, 11) is 1.63. The number of nitrogens with one attached hydrogen (secondary N) is 1. The molecule has 1 aromatic heterocycles. The Hall–Kier alpha value is -1.52. The number of benzene rings is 1. The second-order valence-electron chi connectivity index (χ2n) is 3.54. The first-order valence-corrected chi connectivity index (χ1v) is 5.99. The highest BCUT2D eigenvalue weighted by Gasteiger charge is 2.07. The predicted molar refractivity (Wildman–Crippen MR) is 72.4 cm³/mol. The van der Waals surface area contributed by atoms with Gasteiger partial charge in [-0.1, -0.05) is 35.3 Å². The van der Waals surface area contributed by atoms with Crippen LogP contribution in [0, 0.1) is 0 Å². The van der Waals surface area contributed by atoms with Crippen LogP contribution in [0.5, 0.6) is 5.75 Å². The average molecular weight is 284 g/mol. The molecule has 0 atom stereocenters. The number of hydrogen-bond acceptors (Lipinski definition) is 4. The second-order valence-corrected chi connectivity index (χ2v) is 4.25. The normalized spacial score (nSPS) is 10.2. The van der Waals surface area contributed by atoms with E-state index in [9.17, 15) is 0 Å². The lowest BCUT2D eigenvalue weighted by molar-refractivity contribution is 0.414. The minimum atomic E-state index is 0.304. The van der Waals surface area contributed by atoms with Crippen LogP contribution in [0.3, 0.4) is 0 Å². The van der Waals surface area contributed by atoms with E-state index < -0.39 is 0 Å². The van der Waals surface area contributed by atoms with Gasteiger partial charge in [-0.2, -0.15) is 0 Å². The molecule has 0 radical (unpaired) electrons. The molecule has 0 aliphatic rings. The summed E-state index contributed by atoms with van der Waals surface area (Å²) in [5.41, 5.74) is 1.58. The maximum atomic E-state index is 5.93. The van der Waals surface area contributed by atoms with Crippen molar-refractivity contribution in [2.45, 2.75) is 6.54 Å². The minimum absolute atomic E-state index is 0.304. The molecule has 6 heteroatoms. The van der Waals surface area contributed by atoms with Crippen molar-refractivity contribution in [1.29, 1.82) is 0 Å². The molecule has 1 aromatic carbocycles. The lowest BCUT2D eigenvalue weighted by atomic mass is 10.2. The highest BCUT2D eigenvalue weighted by Crippen LogP contribution is 2.26. The lowest BCUT2D eigenvalue weighted by Gasteiger charge is -2.09. The first kappa shape index (κ1) is 12.9. The van der Waals surface area contributed by atoms with E-state index >= 15 is 0 Å². The zero-order chi connectivity index (χ0) is 13.0. The number of anilines is 1. The third-order valence-corrected chi connectivity index (χ3v) is 2.93. The van der Waals surface area contributed by atoms with Gasteiger partial charge in [-0.15, -0.1) is 0 Å². The number of halogens is 2. The molecular formula is C12H11Cl2N3O. The molecule has 0 fully saturated rings. The minimum Gasteiger partial charge on any atom is -0.497 e. The Kier molecular flexibility index (Phi) is 4.23. The number of hydrogen-bond donors (Lipinski definition) is 1. The van der Waals surface area contributed by atoms with Crippen molar-refractivity contribution >= 4 is 28.9 Å². The number of methoxy groups -OCH3 is 1. The Labute approximate surface area is 115 Å². The third kappa shape index (κ3) is 3.03. The quantitative estimate of drug-likeness (QED) is 0.874. The van der Waals surface area contributed by atoms with Crippen molar-refractivity contribution in [3.05, 3.63) is 46.5 Å². The van der Waals surface area contributed by atoms with Crippen molar-refractivity contribution in [3.63, 3.8) is 0 Å². The largest absolute Gasteiger partial charge is 0.497 e. The monoisotopic (exact) mass is 283 g/mol. The first-order chi connectivity index (χ1) is 8.70. The molecule has 0 bridgehead atoms. The molecule has 1 heterocycles. The summed E-state index contributed by atoms with van der Waals surface area (Å²) in [4.78, 5) is 7.74. The third-order valence-electron chi connectivity index (χ3n) is 2.36. The van der Waals surface area contributed by atoms with E-state index in [1.807, 2.05) is 24.3 Å².